The van der Waals surface area contributed by atoms with Crippen molar-refractivity contribution >= 4 is 17.8 Å². The lowest BCUT2D eigenvalue weighted by Gasteiger charge is -2.31. The zero-order valence-corrected chi connectivity index (χ0v) is 19.5. The Kier molecular flexibility index (Phi) is 7.79. The van der Waals surface area contributed by atoms with E-state index in [9.17, 15) is 14.4 Å². The standard InChI is InChI=1S/C25H32N2O6/c1-5-13-27-21-9-7-6-8-12-25(21,24(30)33-4)18(23(27)29)15-22(28)26-16-17-10-11-19(31-2)20(14-17)32-3/h5,9-11,14,18H,1,6-8,12-13,15-16H2,2-4H3,(H,26,28)/t18-,25-/m1/s1. The zero-order chi connectivity index (χ0) is 24.0. The molecule has 0 spiro atoms. The van der Waals surface area contributed by atoms with Gasteiger partial charge in [0.05, 0.1) is 27.2 Å². The van der Waals surface area contributed by atoms with Crippen LogP contribution in [0.2, 0.25) is 0 Å². The van der Waals surface area contributed by atoms with Gasteiger partial charge < -0.3 is 24.4 Å². The summed E-state index contributed by atoms with van der Waals surface area (Å²) in [7, 11) is 4.43. The van der Waals surface area contributed by atoms with Gasteiger partial charge in [-0.3, -0.25) is 14.4 Å². The average Bonchev–Trinajstić information content (AvgIpc) is 2.97. The topological polar surface area (TPSA) is 94.2 Å². The summed E-state index contributed by atoms with van der Waals surface area (Å²) in [5, 5.41) is 2.87. The fourth-order valence-corrected chi connectivity index (χ4v) is 4.88. The molecule has 2 amide bonds. The lowest BCUT2D eigenvalue weighted by atomic mass is 9.71. The van der Waals surface area contributed by atoms with Gasteiger partial charge in [-0.2, -0.15) is 0 Å². The summed E-state index contributed by atoms with van der Waals surface area (Å²) in [5.41, 5.74) is 0.325. The van der Waals surface area contributed by atoms with Crippen LogP contribution in [0, 0.1) is 11.3 Å². The number of esters is 1. The molecule has 8 nitrogen and oxygen atoms in total. The number of fused-ring (bicyclic) bond motifs is 1. The molecule has 1 saturated heterocycles. The molecule has 0 bridgehead atoms. The van der Waals surface area contributed by atoms with E-state index >= 15 is 0 Å². The Morgan fingerprint density at radius 2 is 1.97 bits per heavy atom. The molecule has 2 atom stereocenters. The third kappa shape index (κ3) is 4.60. The lowest BCUT2D eigenvalue weighted by molar-refractivity contribution is -0.155. The summed E-state index contributed by atoms with van der Waals surface area (Å²) in [5.74, 6) is -0.676. The Labute approximate surface area is 194 Å². The SMILES string of the molecule is C=CCN1C(=O)[C@@H](CC(=O)NCc2ccc(OC)c(OC)c2)[C@]2(C(=O)OC)CCCCC=C12. The van der Waals surface area contributed by atoms with Crippen LogP contribution in [-0.4, -0.2) is 50.6 Å². The van der Waals surface area contributed by atoms with Crippen molar-refractivity contribution in [1.82, 2.24) is 10.2 Å². The third-order valence-electron chi connectivity index (χ3n) is 6.46. The highest BCUT2D eigenvalue weighted by Gasteiger charge is 2.61. The molecule has 33 heavy (non-hydrogen) atoms. The van der Waals surface area contributed by atoms with E-state index in [1.54, 1.807) is 37.3 Å². The first-order valence-electron chi connectivity index (χ1n) is 11.1. The van der Waals surface area contributed by atoms with Gasteiger partial charge in [0.1, 0.15) is 5.41 Å². The Morgan fingerprint density at radius 3 is 2.64 bits per heavy atom. The first-order valence-corrected chi connectivity index (χ1v) is 11.1. The van der Waals surface area contributed by atoms with Gasteiger partial charge in [-0.25, -0.2) is 0 Å². The van der Waals surface area contributed by atoms with Crippen molar-refractivity contribution in [3.8, 4) is 11.5 Å². The van der Waals surface area contributed by atoms with Crippen molar-refractivity contribution in [2.75, 3.05) is 27.9 Å². The molecule has 1 aliphatic carbocycles. The number of methoxy groups -OCH3 is 3. The number of ether oxygens (including phenoxy) is 3. The van der Waals surface area contributed by atoms with Crippen LogP contribution in [-0.2, 0) is 25.7 Å². The second kappa shape index (κ2) is 10.6. The van der Waals surface area contributed by atoms with Crippen LogP contribution in [0.3, 0.4) is 0 Å². The first-order chi connectivity index (χ1) is 15.9. The molecule has 1 heterocycles. The number of nitrogens with one attached hydrogen (secondary N) is 1. The van der Waals surface area contributed by atoms with Gasteiger partial charge in [0.25, 0.3) is 0 Å². The Hall–Kier alpha value is -3.29. The van der Waals surface area contributed by atoms with Crippen molar-refractivity contribution in [2.45, 2.75) is 38.6 Å². The normalized spacial score (nSPS) is 22.0. The van der Waals surface area contributed by atoms with Crippen LogP contribution < -0.4 is 14.8 Å². The molecule has 1 fully saturated rings. The summed E-state index contributed by atoms with van der Waals surface area (Å²) >= 11 is 0. The van der Waals surface area contributed by atoms with Crippen molar-refractivity contribution in [3.63, 3.8) is 0 Å². The highest BCUT2D eigenvalue weighted by Crippen LogP contribution is 2.52. The maximum Gasteiger partial charge on any atom is 0.318 e. The van der Waals surface area contributed by atoms with Crippen molar-refractivity contribution in [1.29, 1.82) is 0 Å². The minimum atomic E-state index is -1.15. The summed E-state index contributed by atoms with van der Waals surface area (Å²) in [6.45, 7) is 4.29. The maximum atomic E-state index is 13.4. The van der Waals surface area contributed by atoms with Gasteiger partial charge in [-0.1, -0.05) is 24.6 Å². The number of carbonyl (C=O) groups excluding carboxylic acids is 3. The van der Waals surface area contributed by atoms with E-state index in [2.05, 4.69) is 11.9 Å². The van der Waals surface area contributed by atoms with E-state index < -0.39 is 17.3 Å². The Bertz CT molecular complexity index is 956. The molecule has 0 saturated carbocycles. The number of hydrogen-bond donors (Lipinski definition) is 1. The van der Waals surface area contributed by atoms with Crippen LogP contribution in [0.25, 0.3) is 0 Å². The lowest BCUT2D eigenvalue weighted by Crippen LogP contribution is -2.41. The molecule has 1 aromatic rings. The maximum absolute atomic E-state index is 13.4. The molecule has 1 N–H and O–H groups in total. The molecule has 0 radical (unpaired) electrons. The van der Waals surface area contributed by atoms with Gasteiger partial charge >= 0.3 is 5.97 Å². The number of amides is 2. The number of hydrogen-bond acceptors (Lipinski definition) is 6. The van der Waals surface area contributed by atoms with Crippen molar-refractivity contribution < 1.29 is 28.6 Å². The van der Waals surface area contributed by atoms with Gasteiger partial charge in [0, 0.05) is 25.2 Å². The fraction of sp³-hybridized carbons (Fsp3) is 0.480. The van der Waals surface area contributed by atoms with E-state index in [0.29, 0.717) is 23.6 Å². The number of benzene rings is 1. The quantitative estimate of drug-likeness (QED) is 0.454. The molecular weight excluding hydrogens is 424 g/mol. The van der Waals surface area contributed by atoms with Gasteiger partial charge in [0.15, 0.2) is 11.5 Å². The number of carbonyl (C=O) groups is 3. The van der Waals surface area contributed by atoms with Gasteiger partial charge in [0.2, 0.25) is 11.8 Å². The monoisotopic (exact) mass is 456 g/mol. The summed E-state index contributed by atoms with van der Waals surface area (Å²) in [4.78, 5) is 41.0. The van der Waals surface area contributed by atoms with Gasteiger partial charge in [-0.05, 0) is 37.0 Å². The summed E-state index contributed by atoms with van der Waals surface area (Å²) < 4.78 is 15.7. The first kappa shape index (κ1) is 24.4. The summed E-state index contributed by atoms with van der Waals surface area (Å²) in [6.07, 6.45) is 6.40. The second-order valence-electron chi connectivity index (χ2n) is 8.26. The van der Waals surface area contributed by atoms with Gasteiger partial charge in [-0.15, -0.1) is 6.58 Å². The highest BCUT2D eigenvalue weighted by molar-refractivity contribution is 5.98. The average molecular weight is 457 g/mol. The predicted molar refractivity (Wildman–Crippen MR) is 122 cm³/mol. The zero-order valence-electron chi connectivity index (χ0n) is 19.5. The second-order valence-corrected chi connectivity index (χ2v) is 8.26. The molecule has 8 heteroatoms. The largest absolute Gasteiger partial charge is 0.493 e. The third-order valence-corrected chi connectivity index (χ3v) is 6.46. The molecule has 0 aromatic heterocycles. The number of nitrogens with zero attached hydrogens (tertiary/aromatic N) is 1. The predicted octanol–water partition coefficient (Wildman–Crippen LogP) is 2.97. The van der Waals surface area contributed by atoms with E-state index in [4.69, 9.17) is 14.2 Å². The molecular formula is C25H32N2O6. The van der Waals surface area contributed by atoms with Crippen LogP contribution in [0.15, 0.2) is 42.6 Å². The molecule has 3 rings (SSSR count). The van der Waals surface area contributed by atoms with Crippen molar-refractivity contribution in [2.24, 2.45) is 11.3 Å². The van der Waals surface area contributed by atoms with E-state index in [1.165, 1.54) is 7.11 Å². The van der Waals surface area contributed by atoms with Crippen LogP contribution in [0.5, 0.6) is 11.5 Å². The molecule has 2 aliphatic rings. The summed E-state index contributed by atoms with van der Waals surface area (Å²) in [6, 6.07) is 5.38. The number of allylic oxidation sites excluding steroid dienone is 1. The smallest absolute Gasteiger partial charge is 0.318 e. The van der Waals surface area contributed by atoms with E-state index in [-0.39, 0.29) is 31.3 Å². The van der Waals surface area contributed by atoms with E-state index in [0.717, 1.165) is 24.8 Å². The van der Waals surface area contributed by atoms with Crippen LogP contribution in [0.4, 0.5) is 0 Å². The molecule has 1 aliphatic heterocycles. The highest BCUT2D eigenvalue weighted by atomic mass is 16.5. The minimum absolute atomic E-state index is 0.105. The van der Waals surface area contributed by atoms with Crippen molar-refractivity contribution in [3.05, 3.63) is 48.2 Å². The Morgan fingerprint density at radius 1 is 1.21 bits per heavy atom. The molecule has 0 unspecified atom stereocenters. The van der Waals surface area contributed by atoms with E-state index in [1.807, 2.05) is 12.1 Å². The fourth-order valence-electron chi connectivity index (χ4n) is 4.88. The Balaban J connectivity index is 1.82. The van der Waals surface area contributed by atoms with Crippen LogP contribution >= 0.6 is 0 Å². The number of likely N-dealkylation sites (tertiary alicyclic amines) is 1. The van der Waals surface area contributed by atoms with Crippen LogP contribution in [0.1, 0.15) is 37.7 Å². The molecule has 178 valence electrons. The minimum Gasteiger partial charge on any atom is -0.493 e. The number of rotatable bonds is 9. The molecule has 1 aromatic carbocycles.